The number of nitrogens with zero attached hydrogens (tertiary/aromatic N) is 1. The molecule has 2 aromatic rings. The van der Waals surface area contributed by atoms with E-state index in [9.17, 15) is 9.18 Å². The Morgan fingerprint density at radius 1 is 1.17 bits per heavy atom. The standard InChI is InChI=1S/C19H20FNO.ClH/c1-21(12-14-5-3-2-4-6-14)13-16-8-7-15-11-17(20)9-10-18(15)19(16)22;/h2-6,9-11,16H,7-8,12-13H2,1H3;1H. The topological polar surface area (TPSA) is 20.3 Å². The molecule has 0 aliphatic heterocycles. The molecule has 0 amide bonds. The van der Waals surface area contributed by atoms with Gasteiger partial charge in [-0.25, -0.2) is 4.39 Å². The van der Waals surface area contributed by atoms with Crippen molar-refractivity contribution in [2.24, 2.45) is 5.92 Å². The van der Waals surface area contributed by atoms with Gasteiger partial charge in [-0.05, 0) is 49.2 Å². The molecule has 1 unspecified atom stereocenters. The van der Waals surface area contributed by atoms with Crippen LogP contribution in [0.4, 0.5) is 4.39 Å². The van der Waals surface area contributed by atoms with E-state index in [4.69, 9.17) is 0 Å². The molecule has 0 saturated carbocycles. The van der Waals surface area contributed by atoms with Gasteiger partial charge in [0.2, 0.25) is 0 Å². The van der Waals surface area contributed by atoms with Crippen molar-refractivity contribution in [3.8, 4) is 0 Å². The van der Waals surface area contributed by atoms with Crippen LogP contribution in [-0.2, 0) is 13.0 Å². The van der Waals surface area contributed by atoms with E-state index < -0.39 is 0 Å². The SMILES string of the molecule is CN(Cc1ccccc1)CC1CCc2cc(F)ccc2C1=O.Cl. The van der Waals surface area contributed by atoms with Crippen molar-refractivity contribution in [1.29, 1.82) is 0 Å². The van der Waals surface area contributed by atoms with E-state index >= 15 is 0 Å². The molecule has 1 atom stereocenters. The quantitative estimate of drug-likeness (QED) is 0.838. The molecule has 3 rings (SSSR count). The summed E-state index contributed by atoms with van der Waals surface area (Å²) < 4.78 is 13.3. The Hall–Kier alpha value is -1.71. The Labute approximate surface area is 142 Å². The van der Waals surface area contributed by atoms with Gasteiger partial charge in [0.15, 0.2) is 5.78 Å². The van der Waals surface area contributed by atoms with Crippen LogP contribution in [-0.4, -0.2) is 24.3 Å². The lowest BCUT2D eigenvalue weighted by atomic mass is 9.82. The second kappa shape index (κ2) is 7.71. The smallest absolute Gasteiger partial charge is 0.167 e. The molecule has 1 aliphatic carbocycles. The number of aryl methyl sites for hydroxylation is 1. The fraction of sp³-hybridized carbons (Fsp3) is 0.316. The predicted molar refractivity (Wildman–Crippen MR) is 92.6 cm³/mol. The Bertz CT molecular complexity index is 674. The van der Waals surface area contributed by atoms with Crippen molar-refractivity contribution in [3.05, 3.63) is 71.0 Å². The molecule has 0 fully saturated rings. The first kappa shape index (κ1) is 17.6. The molecular weight excluding hydrogens is 313 g/mol. The van der Waals surface area contributed by atoms with Gasteiger partial charge in [0.05, 0.1) is 0 Å². The van der Waals surface area contributed by atoms with E-state index in [0.29, 0.717) is 5.56 Å². The van der Waals surface area contributed by atoms with Crippen LogP contribution in [0, 0.1) is 11.7 Å². The summed E-state index contributed by atoms with van der Waals surface area (Å²) in [5.41, 5.74) is 2.80. The number of benzene rings is 2. The summed E-state index contributed by atoms with van der Waals surface area (Å²) in [6.45, 7) is 1.57. The molecule has 2 aromatic carbocycles. The number of carbonyl (C=O) groups is 1. The van der Waals surface area contributed by atoms with Crippen molar-refractivity contribution in [1.82, 2.24) is 4.90 Å². The first-order valence-electron chi connectivity index (χ1n) is 7.68. The minimum Gasteiger partial charge on any atom is -0.301 e. The molecule has 0 saturated heterocycles. The highest BCUT2D eigenvalue weighted by atomic mass is 35.5. The predicted octanol–water partition coefficient (Wildman–Crippen LogP) is 4.12. The van der Waals surface area contributed by atoms with Crippen LogP contribution in [0.3, 0.4) is 0 Å². The molecule has 2 nitrogen and oxygen atoms in total. The molecule has 1 aliphatic rings. The lowest BCUT2D eigenvalue weighted by Gasteiger charge is -2.27. The van der Waals surface area contributed by atoms with Gasteiger partial charge in [-0.1, -0.05) is 30.3 Å². The van der Waals surface area contributed by atoms with Crippen molar-refractivity contribution >= 4 is 18.2 Å². The van der Waals surface area contributed by atoms with Gasteiger partial charge in [0.25, 0.3) is 0 Å². The molecular formula is C19H21ClFNO. The molecule has 23 heavy (non-hydrogen) atoms. The van der Waals surface area contributed by atoms with Gasteiger partial charge in [-0.15, -0.1) is 12.4 Å². The molecule has 0 radical (unpaired) electrons. The van der Waals surface area contributed by atoms with E-state index in [1.165, 1.54) is 17.7 Å². The highest BCUT2D eigenvalue weighted by Crippen LogP contribution is 2.27. The van der Waals surface area contributed by atoms with Crippen molar-refractivity contribution in [2.45, 2.75) is 19.4 Å². The minimum absolute atomic E-state index is 0. The van der Waals surface area contributed by atoms with Gasteiger partial charge >= 0.3 is 0 Å². The summed E-state index contributed by atoms with van der Waals surface area (Å²) in [6.07, 6.45) is 1.58. The molecule has 0 heterocycles. The third-order valence-corrected chi connectivity index (χ3v) is 4.29. The number of ketones is 1. The van der Waals surface area contributed by atoms with E-state index in [1.807, 2.05) is 25.2 Å². The second-order valence-corrected chi connectivity index (χ2v) is 6.08. The number of hydrogen-bond acceptors (Lipinski definition) is 2. The zero-order chi connectivity index (χ0) is 15.5. The van der Waals surface area contributed by atoms with Gasteiger partial charge < -0.3 is 4.90 Å². The maximum atomic E-state index is 13.3. The lowest BCUT2D eigenvalue weighted by molar-refractivity contribution is 0.0866. The van der Waals surface area contributed by atoms with E-state index in [0.717, 1.165) is 31.5 Å². The Kier molecular flexibility index (Phi) is 5.91. The average molecular weight is 334 g/mol. The van der Waals surface area contributed by atoms with Crippen LogP contribution < -0.4 is 0 Å². The highest BCUT2D eigenvalue weighted by molar-refractivity contribution is 6.00. The summed E-state index contributed by atoms with van der Waals surface area (Å²) in [4.78, 5) is 14.8. The second-order valence-electron chi connectivity index (χ2n) is 6.08. The molecule has 0 aromatic heterocycles. The Morgan fingerprint density at radius 3 is 2.65 bits per heavy atom. The van der Waals surface area contributed by atoms with E-state index in [2.05, 4.69) is 17.0 Å². The van der Waals surface area contributed by atoms with Crippen molar-refractivity contribution < 1.29 is 9.18 Å². The summed E-state index contributed by atoms with van der Waals surface area (Å²) in [7, 11) is 2.04. The number of rotatable bonds is 4. The van der Waals surface area contributed by atoms with Crippen LogP contribution in [0.1, 0.15) is 27.9 Å². The maximum absolute atomic E-state index is 13.3. The first-order chi connectivity index (χ1) is 10.6. The number of carbonyl (C=O) groups excluding carboxylic acids is 1. The van der Waals surface area contributed by atoms with Crippen LogP contribution in [0.25, 0.3) is 0 Å². The van der Waals surface area contributed by atoms with Gasteiger partial charge in [-0.3, -0.25) is 4.79 Å². The third-order valence-electron chi connectivity index (χ3n) is 4.29. The van der Waals surface area contributed by atoms with E-state index in [-0.39, 0.29) is 29.9 Å². The van der Waals surface area contributed by atoms with Crippen LogP contribution in [0.5, 0.6) is 0 Å². The molecule has 0 spiro atoms. The summed E-state index contributed by atoms with van der Waals surface area (Å²) >= 11 is 0. The summed E-state index contributed by atoms with van der Waals surface area (Å²) in [6, 6.07) is 14.8. The normalized spacial score (nSPS) is 16.8. The fourth-order valence-electron chi connectivity index (χ4n) is 3.20. The van der Waals surface area contributed by atoms with Crippen molar-refractivity contribution in [3.63, 3.8) is 0 Å². The highest BCUT2D eigenvalue weighted by Gasteiger charge is 2.28. The number of hydrogen-bond donors (Lipinski definition) is 0. The van der Waals surface area contributed by atoms with Gasteiger partial charge in [-0.2, -0.15) is 0 Å². The van der Waals surface area contributed by atoms with Crippen LogP contribution in [0.2, 0.25) is 0 Å². The fourth-order valence-corrected chi connectivity index (χ4v) is 3.20. The van der Waals surface area contributed by atoms with Gasteiger partial charge in [0, 0.05) is 24.6 Å². The zero-order valence-electron chi connectivity index (χ0n) is 13.2. The molecule has 0 bridgehead atoms. The Balaban J connectivity index is 0.00000192. The van der Waals surface area contributed by atoms with Crippen LogP contribution >= 0.6 is 12.4 Å². The van der Waals surface area contributed by atoms with Crippen LogP contribution in [0.15, 0.2) is 48.5 Å². The maximum Gasteiger partial charge on any atom is 0.167 e. The monoisotopic (exact) mass is 333 g/mol. The first-order valence-corrected chi connectivity index (χ1v) is 7.68. The molecule has 0 N–H and O–H groups in total. The van der Waals surface area contributed by atoms with E-state index in [1.54, 1.807) is 6.07 Å². The molecule has 4 heteroatoms. The molecule has 122 valence electrons. The lowest BCUT2D eigenvalue weighted by Crippen LogP contribution is -2.33. The zero-order valence-corrected chi connectivity index (χ0v) is 14.0. The third kappa shape index (κ3) is 4.18. The van der Waals surface area contributed by atoms with Crippen molar-refractivity contribution in [2.75, 3.05) is 13.6 Å². The number of fused-ring (bicyclic) bond motifs is 1. The number of halogens is 2. The number of Topliss-reactive ketones (excluding diaryl/α,β-unsaturated/α-hetero) is 1. The summed E-state index contributed by atoms with van der Waals surface area (Å²) in [5, 5.41) is 0. The minimum atomic E-state index is -0.258. The summed E-state index contributed by atoms with van der Waals surface area (Å²) in [5.74, 6) is -0.0981. The largest absolute Gasteiger partial charge is 0.301 e. The van der Waals surface area contributed by atoms with Gasteiger partial charge in [0.1, 0.15) is 5.82 Å². The Morgan fingerprint density at radius 2 is 1.91 bits per heavy atom. The average Bonchev–Trinajstić information content (AvgIpc) is 2.51.